The first-order chi connectivity index (χ1) is 15.6. The summed E-state index contributed by atoms with van der Waals surface area (Å²) in [7, 11) is 0. The van der Waals surface area contributed by atoms with Crippen molar-refractivity contribution in [2.24, 2.45) is 17.4 Å². The van der Waals surface area contributed by atoms with E-state index in [-0.39, 0.29) is 18.8 Å². The Morgan fingerprint density at radius 1 is 1.03 bits per heavy atom. The van der Waals surface area contributed by atoms with Crippen molar-refractivity contribution in [2.75, 3.05) is 13.2 Å². The quantitative estimate of drug-likeness (QED) is 0.128. The highest BCUT2D eigenvalue weighted by Crippen LogP contribution is 2.05. The normalized spacial score (nSPS) is 14.7. The standard InChI is InChI=1S/C20H35N7O6/c1-11(2)16(22)19(31)26-14(7-12-8-23-10-24-12)17(29)27-15(9-28)18(30)25-13(20(32)33)5-3-4-6-21/h8,10-11,13-16,28H,3-7,9,21-22H2,1-2H3,(H,23,24)(H,25,30)(H,26,31)(H,27,29)(H,32,33). The van der Waals surface area contributed by atoms with Crippen LogP contribution in [0.25, 0.3) is 0 Å². The van der Waals surface area contributed by atoms with E-state index >= 15 is 0 Å². The molecule has 0 bridgehead atoms. The van der Waals surface area contributed by atoms with Gasteiger partial charge in [0, 0.05) is 18.3 Å². The fourth-order valence-electron chi connectivity index (χ4n) is 2.89. The number of aliphatic hydroxyl groups excluding tert-OH is 1. The molecule has 0 aliphatic rings. The molecule has 0 fully saturated rings. The maximum Gasteiger partial charge on any atom is 0.326 e. The van der Waals surface area contributed by atoms with E-state index in [1.807, 2.05) is 0 Å². The second kappa shape index (κ2) is 14.2. The van der Waals surface area contributed by atoms with Gasteiger partial charge in [0.25, 0.3) is 0 Å². The molecule has 4 atom stereocenters. The molecule has 0 saturated heterocycles. The molecule has 0 spiro atoms. The number of carbonyl (C=O) groups excluding carboxylic acids is 3. The lowest BCUT2D eigenvalue weighted by Gasteiger charge is -2.24. The molecule has 1 aromatic heterocycles. The molecule has 13 heteroatoms. The molecular formula is C20H35N7O6. The highest BCUT2D eigenvalue weighted by atomic mass is 16.4. The Bertz CT molecular complexity index is 771. The molecule has 33 heavy (non-hydrogen) atoms. The monoisotopic (exact) mass is 469 g/mol. The number of amides is 3. The summed E-state index contributed by atoms with van der Waals surface area (Å²) in [5, 5.41) is 26.2. The van der Waals surface area contributed by atoms with Crippen molar-refractivity contribution in [3.63, 3.8) is 0 Å². The lowest BCUT2D eigenvalue weighted by Crippen LogP contribution is -2.59. The van der Waals surface area contributed by atoms with Crippen LogP contribution in [0.5, 0.6) is 0 Å². The van der Waals surface area contributed by atoms with Crippen molar-refractivity contribution in [2.45, 2.75) is 63.7 Å². The summed E-state index contributed by atoms with van der Waals surface area (Å²) < 4.78 is 0. The summed E-state index contributed by atoms with van der Waals surface area (Å²) in [4.78, 5) is 55.9. The van der Waals surface area contributed by atoms with Gasteiger partial charge in [0.15, 0.2) is 0 Å². The Morgan fingerprint density at radius 3 is 2.15 bits per heavy atom. The number of hydrogen-bond acceptors (Lipinski definition) is 8. The van der Waals surface area contributed by atoms with Crippen LogP contribution in [-0.2, 0) is 25.6 Å². The van der Waals surface area contributed by atoms with E-state index < -0.39 is 54.5 Å². The zero-order valence-corrected chi connectivity index (χ0v) is 18.9. The molecule has 3 amide bonds. The number of nitrogens with one attached hydrogen (secondary N) is 4. The van der Waals surface area contributed by atoms with Gasteiger partial charge in [-0.3, -0.25) is 14.4 Å². The predicted octanol–water partition coefficient (Wildman–Crippen LogP) is -2.40. The van der Waals surface area contributed by atoms with Crippen molar-refractivity contribution >= 4 is 23.7 Å². The number of carboxylic acid groups (broad SMARTS) is 1. The molecule has 1 aromatic rings. The Morgan fingerprint density at radius 2 is 1.64 bits per heavy atom. The van der Waals surface area contributed by atoms with Gasteiger partial charge in [0.1, 0.15) is 18.1 Å². The molecule has 1 heterocycles. The second-order valence-corrected chi connectivity index (χ2v) is 8.04. The molecule has 4 unspecified atom stereocenters. The van der Waals surface area contributed by atoms with Gasteiger partial charge < -0.3 is 42.6 Å². The van der Waals surface area contributed by atoms with Gasteiger partial charge >= 0.3 is 5.97 Å². The zero-order chi connectivity index (χ0) is 25.0. The third kappa shape index (κ3) is 9.55. The van der Waals surface area contributed by atoms with Crippen molar-refractivity contribution < 1.29 is 29.4 Å². The third-order valence-electron chi connectivity index (χ3n) is 5.01. The van der Waals surface area contributed by atoms with Crippen LogP contribution in [-0.4, -0.2) is 81.2 Å². The summed E-state index contributed by atoms with van der Waals surface area (Å²) in [6.07, 6.45) is 4.14. The topological polar surface area (TPSA) is 226 Å². The molecule has 0 saturated carbocycles. The number of aromatic nitrogens is 2. The van der Waals surface area contributed by atoms with Gasteiger partial charge in [0.2, 0.25) is 17.7 Å². The first kappa shape index (κ1) is 28.0. The van der Waals surface area contributed by atoms with Crippen LogP contribution in [0.4, 0.5) is 0 Å². The molecule has 186 valence electrons. The Labute approximate surface area is 192 Å². The van der Waals surface area contributed by atoms with Crippen LogP contribution < -0.4 is 27.4 Å². The van der Waals surface area contributed by atoms with Crippen molar-refractivity contribution in [3.8, 4) is 0 Å². The molecular weight excluding hydrogens is 434 g/mol. The summed E-state index contributed by atoms with van der Waals surface area (Å²) in [5.74, 6) is -3.59. The Balaban J connectivity index is 2.88. The first-order valence-electron chi connectivity index (χ1n) is 10.8. The summed E-state index contributed by atoms with van der Waals surface area (Å²) in [5.41, 5.74) is 11.8. The molecule has 0 aliphatic carbocycles. The van der Waals surface area contributed by atoms with Crippen LogP contribution in [0.1, 0.15) is 38.8 Å². The summed E-state index contributed by atoms with van der Waals surface area (Å²) in [6, 6.07) is -4.60. The van der Waals surface area contributed by atoms with Crippen LogP contribution in [0.3, 0.4) is 0 Å². The van der Waals surface area contributed by atoms with Crippen molar-refractivity contribution in [1.29, 1.82) is 0 Å². The van der Waals surface area contributed by atoms with E-state index in [9.17, 15) is 29.4 Å². The Kier molecular flexibility index (Phi) is 12.0. The number of nitrogens with zero attached hydrogens (tertiary/aromatic N) is 1. The van der Waals surface area contributed by atoms with E-state index in [1.54, 1.807) is 13.8 Å². The number of carboxylic acids is 1. The number of nitrogens with two attached hydrogens (primary N) is 2. The van der Waals surface area contributed by atoms with Gasteiger partial charge in [0.05, 0.1) is 19.0 Å². The lowest BCUT2D eigenvalue weighted by molar-refractivity contribution is -0.142. The number of aliphatic hydroxyl groups is 1. The molecule has 0 radical (unpaired) electrons. The number of aromatic amines is 1. The number of unbranched alkanes of at least 4 members (excludes halogenated alkanes) is 1. The number of rotatable bonds is 15. The summed E-state index contributed by atoms with van der Waals surface area (Å²) >= 11 is 0. The van der Waals surface area contributed by atoms with E-state index in [0.29, 0.717) is 25.1 Å². The van der Waals surface area contributed by atoms with Crippen molar-refractivity contribution in [3.05, 3.63) is 18.2 Å². The highest BCUT2D eigenvalue weighted by Gasteiger charge is 2.30. The molecule has 10 N–H and O–H groups in total. The van der Waals surface area contributed by atoms with E-state index in [2.05, 4.69) is 25.9 Å². The average Bonchev–Trinajstić information content (AvgIpc) is 3.28. The van der Waals surface area contributed by atoms with Gasteiger partial charge in [-0.25, -0.2) is 9.78 Å². The van der Waals surface area contributed by atoms with Gasteiger partial charge in [-0.1, -0.05) is 13.8 Å². The lowest BCUT2D eigenvalue weighted by atomic mass is 10.0. The Hall–Kier alpha value is -3.03. The SMILES string of the molecule is CC(C)C(N)C(=O)NC(Cc1cnc[nH]1)C(=O)NC(CO)C(=O)NC(CCCCN)C(=O)O. The largest absolute Gasteiger partial charge is 0.480 e. The van der Waals surface area contributed by atoms with Crippen LogP contribution in [0, 0.1) is 5.92 Å². The van der Waals surface area contributed by atoms with E-state index in [4.69, 9.17) is 11.5 Å². The fraction of sp³-hybridized carbons (Fsp3) is 0.650. The van der Waals surface area contributed by atoms with Crippen molar-refractivity contribution in [1.82, 2.24) is 25.9 Å². The highest BCUT2D eigenvalue weighted by molar-refractivity contribution is 5.94. The number of carbonyl (C=O) groups is 4. The number of H-pyrrole nitrogens is 1. The number of aliphatic carboxylic acids is 1. The maximum atomic E-state index is 12.9. The first-order valence-corrected chi connectivity index (χ1v) is 10.8. The number of hydrogen-bond donors (Lipinski definition) is 8. The molecule has 0 aliphatic heterocycles. The molecule has 0 aromatic carbocycles. The van der Waals surface area contributed by atoms with E-state index in [1.165, 1.54) is 12.5 Å². The van der Waals surface area contributed by atoms with Crippen LogP contribution in [0.2, 0.25) is 0 Å². The zero-order valence-electron chi connectivity index (χ0n) is 18.9. The molecule has 13 nitrogen and oxygen atoms in total. The predicted molar refractivity (Wildman–Crippen MR) is 119 cm³/mol. The summed E-state index contributed by atoms with van der Waals surface area (Å²) in [6.45, 7) is 3.13. The smallest absolute Gasteiger partial charge is 0.326 e. The fourth-order valence-corrected chi connectivity index (χ4v) is 2.89. The van der Waals surface area contributed by atoms with Crippen LogP contribution in [0.15, 0.2) is 12.5 Å². The van der Waals surface area contributed by atoms with Crippen LogP contribution >= 0.6 is 0 Å². The molecule has 1 rings (SSSR count). The maximum absolute atomic E-state index is 12.9. The van der Waals surface area contributed by atoms with E-state index in [0.717, 1.165) is 0 Å². The minimum atomic E-state index is -1.42. The second-order valence-electron chi connectivity index (χ2n) is 8.04. The minimum Gasteiger partial charge on any atom is -0.480 e. The third-order valence-corrected chi connectivity index (χ3v) is 5.01. The van der Waals surface area contributed by atoms with Gasteiger partial charge in [-0.05, 0) is 31.7 Å². The average molecular weight is 470 g/mol. The van der Waals surface area contributed by atoms with Gasteiger partial charge in [-0.2, -0.15) is 0 Å². The van der Waals surface area contributed by atoms with Gasteiger partial charge in [-0.15, -0.1) is 0 Å². The minimum absolute atomic E-state index is 0.0268. The number of imidazole rings is 1.